The van der Waals surface area contributed by atoms with Crippen LogP contribution >= 0.6 is 22.9 Å². The lowest BCUT2D eigenvalue weighted by atomic mass is 10.2. The number of nitrogens with zero attached hydrogens (tertiary/aromatic N) is 2. The molecule has 2 heterocycles. The zero-order valence-corrected chi connectivity index (χ0v) is 11.9. The molecule has 0 spiro atoms. The van der Waals surface area contributed by atoms with Crippen molar-refractivity contribution >= 4 is 22.9 Å². The van der Waals surface area contributed by atoms with Crippen molar-refractivity contribution in [3.63, 3.8) is 0 Å². The fourth-order valence-corrected chi connectivity index (χ4v) is 2.61. The average Bonchev–Trinajstić information content (AvgIpc) is 3.07. The smallest absolute Gasteiger partial charge is 0.272 e. The first-order valence-electron chi connectivity index (χ1n) is 5.63. The van der Waals surface area contributed by atoms with Crippen LogP contribution in [0.2, 0.25) is 5.02 Å². The summed E-state index contributed by atoms with van der Waals surface area (Å²) >= 11 is 7.24. The molecule has 5 nitrogen and oxygen atoms in total. The SMILES string of the molecule is COc1cc(Cl)ccc1-c1noc(-c2sccc2O)n1. The predicted octanol–water partition coefficient (Wildman–Crippen LogP) is 3.83. The van der Waals surface area contributed by atoms with Crippen molar-refractivity contribution in [1.82, 2.24) is 10.1 Å². The Bertz CT molecular complexity index is 754. The number of hydrogen-bond acceptors (Lipinski definition) is 6. The van der Waals surface area contributed by atoms with Crippen LogP contribution in [0.4, 0.5) is 0 Å². The van der Waals surface area contributed by atoms with Gasteiger partial charge in [-0.25, -0.2) is 0 Å². The molecule has 0 saturated heterocycles. The summed E-state index contributed by atoms with van der Waals surface area (Å²) in [6, 6.07) is 6.73. The van der Waals surface area contributed by atoms with Crippen LogP contribution in [0.25, 0.3) is 22.2 Å². The lowest BCUT2D eigenvalue weighted by Gasteiger charge is -2.04. The number of aromatic nitrogens is 2. The molecule has 3 rings (SSSR count). The first kappa shape index (κ1) is 13.0. The third kappa shape index (κ3) is 2.23. The number of methoxy groups -OCH3 is 1. The van der Waals surface area contributed by atoms with Gasteiger partial charge in [0.1, 0.15) is 16.4 Å². The van der Waals surface area contributed by atoms with Crippen LogP contribution in [0.15, 0.2) is 34.2 Å². The Labute approximate surface area is 123 Å². The molecule has 1 N–H and O–H groups in total. The maximum atomic E-state index is 9.66. The van der Waals surface area contributed by atoms with E-state index >= 15 is 0 Å². The molecule has 0 aliphatic heterocycles. The summed E-state index contributed by atoms with van der Waals surface area (Å²) in [7, 11) is 1.54. The average molecular weight is 309 g/mol. The molecule has 0 aliphatic carbocycles. The number of thiophene rings is 1. The molecule has 0 atom stereocenters. The second-order valence-electron chi connectivity index (χ2n) is 3.90. The number of aromatic hydroxyl groups is 1. The summed E-state index contributed by atoms with van der Waals surface area (Å²) in [4.78, 5) is 4.81. The van der Waals surface area contributed by atoms with E-state index in [1.54, 1.807) is 36.8 Å². The zero-order valence-electron chi connectivity index (χ0n) is 10.3. The summed E-state index contributed by atoms with van der Waals surface area (Å²) in [5, 5.41) is 15.9. The van der Waals surface area contributed by atoms with Crippen molar-refractivity contribution in [1.29, 1.82) is 0 Å². The van der Waals surface area contributed by atoms with Gasteiger partial charge in [-0.1, -0.05) is 16.8 Å². The standard InChI is InChI=1S/C13H9ClN2O3S/c1-18-10-6-7(14)2-3-8(10)12-15-13(19-16-12)11-9(17)4-5-20-11/h2-6,17H,1H3. The van der Waals surface area contributed by atoms with Crippen molar-refractivity contribution in [2.24, 2.45) is 0 Å². The lowest BCUT2D eigenvalue weighted by Crippen LogP contribution is -1.89. The molecule has 0 bridgehead atoms. The fraction of sp³-hybridized carbons (Fsp3) is 0.0769. The first-order valence-corrected chi connectivity index (χ1v) is 6.89. The van der Waals surface area contributed by atoms with Crippen LogP contribution < -0.4 is 4.74 Å². The van der Waals surface area contributed by atoms with Gasteiger partial charge in [-0.2, -0.15) is 4.98 Å². The van der Waals surface area contributed by atoms with Crippen molar-refractivity contribution in [3.05, 3.63) is 34.7 Å². The van der Waals surface area contributed by atoms with Gasteiger partial charge in [0.25, 0.3) is 5.89 Å². The Morgan fingerprint density at radius 2 is 2.20 bits per heavy atom. The highest BCUT2D eigenvalue weighted by molar-refractivity contribution is 7.13. The Kier molecular flexibility index (Phi) is 3.33. The van der Waals surface area contributed by atoms with E-state index in [0.717, 1.165) is 0 Å². The Morgan fingerprint density at radius 1 is 1.35 bits per heavy atom. The molecule has 7 heteroatoms. The summed E-state index contributed by atoms with van der Waals surface area (Å²) < 4.78 is 10.4. The Hall–Kier alpha value is -2.05. The summed E-state index contributed by atoms with van der Waals surface area (Å²) in [6.07, 6.45) is 0. The topological polar surface area (TPSA) is 68.4 Å². The van der Waals surface area contributed by atoms with E-state index in [-0.39, 0.29) is 11.6 Å². The van der Waals surface area contributed by atoms with Gasteiger partial charge in [0, 0.05) is 5.02 Å². The second-order valence-corrected chi connectivity index (χ2v) is 5.26. The Balaban J connectivity index is 2.05. The molecule has 102 valence electrons. The van der Waals surface area contributed by atoms with Crippen LogP contribution in [0.5, 0.6) is 11.5 Å². The minimum atomic E-state index is 0.119. The van der Waals surface area contributed by atoms with Crippen molar-refractivity contribution in [3.8, 4) is 33.7 Å². The number of rotatable bonds is 3. The van der Waals surface area contributed by atoms with Crippen molar-refractivity contribution in [2.45, 2.75) is 0 Å². The molecule has 0 fully saturated rings. The molecule has 0 amide bonds. The number of ether oxygens (including phenoxy) is 1. The maximum Gasteiger partial charge on any atom is 0.272 e. The molecule has 0 radical (unpaired) electrons. The highest BCUT2D eigenvalue weighted by Gasteiger charge is 2.17. The molecule has 20 heavy (non-hydrogen) atoms. The normalized spacial score (nSPS) is 10.7. The summed E-state index contributed by atoms with van der Waals surface area (Å²) in [6.45, 7) is 0. The molecule has 2 aromatic heterocycles. The van der Waals surface area contributed by atoms with Crippen LogP contribution in [0.3, 0.4) is 0 Å². The predicted molar refractivity (Wildman–Crippen MR) is 76.3 cm³/mol. The zero-order chi connectivity index (χ0) is 14.1. The van der Waals surface area contributed by atoms with Crippen LogP contribution in [0.1, 0.15) is 0 Å². The van der Waals surface area contributed by atoms with Gasteiger partial charge in [0.05, 0.1) is 12.7 Å². The van der Waals surface area contributed by atoms with Crippen LogP contribution in [-0.2, 0) is 0 Å². The van der Waals surface area contributed by atoms with Gasteiger partial charge >= 0.3 is 0 Å². The largest absolute Gasteiger partial charge is 0.506 e. The van der Waals surface area contributed by atoms with Crippen LogP contribution in [0, 0.1) is 0 Å². The van der Waals surface area contributed by atoms with Gasteiger partial charge in [-0.3, -0.25) is 0 Å². The fourth-order valence-electron chi connectivity index (χ4n) is 1.74. The molecule has 0 saturated carbocycles. The molecular formula is C13H9ClN2O3S. The highest BCUT2D eigenvalue weighted by Crippen LogP contribution is 2.36. The van der Waals surface area contributed by atoms with Crippen molar-refractivity contribution in [2.75, 3.05) is 7.11 Å². The minimum Gasteiger partial charge on any atom is -0.506 e. The van der Waals surface area contributed by atoms with Gasteiger partial charge in [0.2, 0.25) is 5.82 Å². The third-order valence-electron chi connectivity index (χ3n) is 2.67. The number of halogens is 1. The van der Waals surface area contributed by atoms with Crippen LogP contribution in [-0.4, -0.2) is 22.4 Å². The Morgan fingerprint density at radius 3 is 2.90 bits per heavy atom. The van der Waals surface area contributed by atoms with Gasteiger partial charge in [0.15, 0.2) is 0 Å². The monoisotopic (exact) mass is 308 g/mol. The molecule has 3 aromatic rings. The molecule has 0 unspecified atom stereocenters. The highest BCUT2D eigenvalue weighted by atomic mass is 35.5. The second kappa shape index (κ2) is 5.15. The molecule has 1 aromatic carbocycles. The maximum absolute atomic E-state index is 9.66. The number of benzene rings is 1. The molecule has 0 aliphatic rings. The third-order valence-corrected chi connectivity index (χ3v) is 3.80. The summed E-state index contributed by atoms with van der Waals surface area (Å²) in [5.74, 6) is 1.32. The quantitative estimate of drug-likeness (QED) is 0.796. The van der Waals surface area contributed by atoms with E-state index in [9.17, 15) is 5.11 Å². The van der Waals surface area contributed by atoms with Gasteiger partial charge < -0.3 is 14.4 Å². The van der Waals surface area contributed by atoms with E-state index in [1.165, 1.54) is 11.3 Å². The van der Waals surface area contributed by atoms with Crippen molar-refractivity contribution < 1.29 is 14.4 Å². The van der Waals surface area contributed by atoms with Gasteiger partial charge in [-0.15, -0.1) is 11.3 Å². The van der Waals surface area contributed by atoms with E-state index in [1.807, 2.05) is 0 Å². The summed E-state index contributed by atoms with van der Waals surface area (Å²) in [5.41, 5.74) is 0.669. The number of hydrogen-bond donors (Lipinski definition) is 1. The van der Waals surface area contributed by atoms with E-state index in [0.29, 0.717) is 27.0 Å². The molecular weight excluding hydrogens is 300 g/mol. The minimum absolute atomic E-state index is 0.119. The van der Waals surface area contributed by atoms with Gasteiger partial charge in [-0.05, 0) is 29.6 Å². The lowest BCUT2D eigenvalue weighted by molar-refractivity contribution is 0.413. The van der Waals surface area contributed by atoms with E-state index < -0.39 is 0 Å². The van der Waals surface area contributed by atoms with E-state index in [2.05, 4.69) is 10.1 Å². The van der Waals surface area contributed by atoms with E-state index in [4.69, 9.17) is 20.9 Å². The first-order chi connectivity index (χ1) is 9.69.